The number of anilines is 1. The minimum Gasteiger partial charge on any atom is -0.343 e. The highest BCUT2D eigenvalue weighted by Gasteiger charge is 2.16. The average Bonchev–Trinajstić information content (AvgIpc) is 2.95. The maximum Gasteiger partial charge on any atom is 0.345 e. The van der Waals surface area contributed by atoms with Gasteiger partial charge in [-0.2, -0.15) is 0 Å². The van der Waals surface area contributed by atoms with Crippen LogP contribution in [0.2, 0.25) is 0 Å². The van der Waals surface area contributed by atoms with Crippen LogP contribution >= 0.6 is 27.3 Å². The molecule has 0 aliphatic carbocycles. The zero-order valence-electron chi connectivity index (χ0n) is 9.79. The highest BCUT2D eigenvalue weighted by Crippen LogP contribution is 2.25. The Hall–Kier alpha value is -1.74. The number of rotatable bonds is 4. The number of halogens is 1. The number of nitrogens with one attached hydrogen (secondary N) is 1. The van der Waals surface area contributed by atoms with E-state index in [9.17, 15) is 14.9 Å². The van der Waals surface area contributed by atoms with Gasteiger partial charge in [0.05, 0.1) is 4.92 Å². The van der Waals surface area contributed by atoms with Crippen LogP contribution in [0.25, 0.3) is 0 Å². The largest absolute Gasteiger partial charge is 0.345 e. The van der Waals surface area contributed by atoms with Crippen LogP contribution in [0.1, 0.15) is 17.4 Å². The summed E-state index contributed by atoms with van der Waals surface area (Å²) < 4.78 is 2.56. The summed E-state index contributed by atoms with van der Waals surface area (Å²) in [6, 6.07) is 1.68. The van der Waals surface area contributed by atoms with Crippen LogP contribution in [0.5, 0.6) is 0 Å². The summed E-state index contributed by atoms with van der Waals surface area (Å²) in [6.45, 7) is 2.56. The molecule has 2 heterocycles. The molecule has 0 radical (unpaired) electrons. The second kappa shape index (κ2) is 5.49. The number of aromatic nitrogens is 2. The Morgan fingerprint density at radius 3 is 3.00 bits per heavy atom. The first-order valence-electron chi connectivity index (χ1n) is 5.28. The third-order valence-electron chi connectivity index (χ3n) is 2.33. The summed E-state index contributed by atoms with van der Waals surface area (Å²) in [6.07, 6.45) is 2.91. The molecule has 0 aliphatic heterocycles. The predicted molar refractivity (Wildman–Crippen MR) is 74.5 cm³/mol. The molecular formula is C10H9BrN4O3S. The third-order valence-corrected chi connectivity index (χ3v) is 3.63. The first-order chi connectivity index (χ1) is 9.01. The van der Waals surface area contributed by atoms with Gasteiger partial charge in [0, 0.05) is 17.2 Å². The van der Waals surface area contributed by atoms with E-state index in [2.05, 4.69) is 26.2 Å². The number of nitrogens with zero attached hydrogens (tertiary/aromatic N) is 3. The van der Waals surface area contributed by atoms with Gasteiger partial charge in [0.15, 0.2) is 5.13 Å². The standard InChI is InChI=1S/C10H9BrN4O3S/c1-2-14-5-6(11)3-7(14)9(16)13-10-12-4-8(19-10)15(17)18/h3-5H,2H2,1H3,(H,12,13,16). The fraction of sp³-hybridized carbons (Fsp3) is 0.200. The molecule has 0 atom stereocenters. The van der Waals surface area contributed by atoms with Gasteiger partial charge in [0.1, 0.15) is 11.9 Å². The number of hydrogen-bond donors (Lipinski definition) is 1. The molecule has 2 aromatic rings. The zero-order valence-corrected chi connectivity index (χ0v) is 12.2. The Bertz CT molecular complexity index is 637. The Morgan fingerprint density at radius 1 is 1.68 bits per heavy atom. The minimum absolute atomic E-state index is 0.109. The maximum absolute atomic E-state index is 12.0. The molecule has 0 aromatic carbocycles. The van der Waals surface area contributed by atoms with Crippen molar-refractivity contribution in [1.82, 2.24) is 9.55 Å². The monoisotopic (exact) mass is 344 g/mol. The Kier molecular flexibility index (Phi) is 3.96. The van der Waals surface area contributed by atoms with E-state index in [4.69, 9.17) is 0 Å². The molecule has 0 fully saturated rings. The van der Waals surface area contributed by atoms with Crippen LogP contribution in [0.15, 0.2) is 22.9 Å². The lowest BCUT2D eigenvalue weighted by Crippen LogP contribution is -2.16. The van der Waals surface area contributed by atoms with Gasteiger partial charge >= 0.3 is 5.00 Å². The Morgan fingerprint density at radius 2 is 2.42 bits per heavy atom. The summed E-state index contributed by atoms with van der Waals surface area (Å²) >= 11 is 4.12. The molecule has 2 aromatic heterocycles. The predicted octanol–water partition coefficient (Wildman–Crippen LogP) is 2.89. The van der Waals surface area contributed by atoms with Crippen molar-refractivity contribution in [2.75, 3.05) is 5.32 Å². The fourth-order valence-corrected chi connectivity index (χ4v) is 2.59. The van der Waals surface area contributed by atoms with Gasteiger partial charge in [-0.15, -0.1) is 0 Å². The highest BCUT2D eigenvalue weighted by atomic mass is 79.9. The van der Waals surface area contributed by atoms with Crippen LogP contribution < -0.4 is 5.32 Å². The molecule has 7 nitrogen and oxygen atoms in total. The summed E-state index contributed by atoms with van der Waals surface area (Å²) in [4.78, 5) is 25.8. The van der Waals surface area contributed by atoms with Gasteiger partial charge in [-0.05, 0) is 40.3 Å². The van der Waals surface area contributed by atoms with Gasteiger partial charge in [-0.25, -0.2) is 4.98 Å². The first kappa shape index (κ1) is 13.7. The van der Waals surface area contributed by atoms with Gasteiger partial charge in [-0.1, -0.05) is 0 Å². The van der Waals surface area contributed by atoms with Crippen molar-refractivity contribution in [3.05, 3.63) is 38.7 Å². The topological polar surface area (TPSA) is 90.1 Å². The van der Waals surface area contributed by atoms with Crippen molar-refractivity contribution < 1.29 is 9.72 Å². The molecule has 100 valence electrons. The van der Waals surface area contributed by atoms with Crippen molar-refractivity contribution in [3.8, 4) is 0 Å². The number of carbonyl (C=O) groups excluding carboxylic acids is 1. The minimum atomic E-state index is -0.543. The lowest BCUT2D eigenvalue weighted by molar-refractivity contribution is -0.380. The van der Waals surface area contributed by atoms with E-state index in [1.165, 1.54) is 0 Å². The summed E-state index contributed by atoms with van der Waals surface area (Å²) in [7, 11) is 0. The number of nitro groups is 1. The average molecular weight is 345 g/mol. The number of hydrogen-bond acceptors (Lipinski definition) is 5. The first-order valence-corrected chi connectivity index (χ1v) is 6.89. The van der Waals surface area contributed by atoms with E-state index in [1.54, 1.807) is 16.8 Å². The summed E-state index contributed by atoms with van der Waals surface area (Å²) in [5, 5.41) is 13.2. The van der Waals surface area contributed by atoms with Gasteiger partial charge in [-0.3, -0.25) is 20.2 Å². The Labute approximate surface area is 120 Å². The fourth-order valence-electron chi connectivity index (χ4n) is 1.50. The van der Waals surface area contributed by atoms with Crippen molar-refractivity contribution in [1.29, 1.82) is 0 Å². The van der Waals surface area contributed by atoms with Crippen LogP contribution in [0, 0.1) is 10.1 Å². The molecule has 0 aliphatic rings. The lowest BCUT2D eigenvalue weighted by Gasteiger charge is -2.04. The molecule has 19 heavy (non-hydrogen) atoms. The second-order valence-electron chi connectivity index (χ2n) is 3.54. The zero-order chi connectivity index (χ0) is 14.0. The number of carbonyl (C=O) groups is 1. The molecule has 1 amide bonds. The number of amides is 1. The van der Waals surface area contributed by atoms with Gasteiger partial charge in [0.2, 0.25) is 0 Å². The number of thiazole rings is 1. The molecule has 0 unspecified atom stereocenters. The van der Waals surface area contributed by atoms with E-state index >= 15 is 0 Å². The third kappa shape index (κ3) is 2.99. The molecule has 9 heteroatoms. The SMILES string of the molecule is CCn1cc(Br)cc1C(=O)Nc1ncc([N+](=O)[O-])s1. The molecular weight excluding hydrogens is 336 g/mol. The van der Waals surface area contributed by atoms with Crippen LogP contribution in [0.4, 0.5) is 10.1 Å². The quantitative estimate of drug-likeness (QED) is 0.681. The molecule has 1 N–H and O–H groups in total. The molecule has 0 saturated carbocycles. The Balaban J connectivity index is 2.18. The number of aryl methyl sites for hydroxylation is 1. The van der Waals surface area contributed by atoms with E-state index in [1.807, 2.05) is 6.92 Å². The summed E-state index contributed by atoms with van der Waals surface area (Å²) in [5.41, 5.74) is 0.465. The van der Waals surface area contributed by atoms with Crippen LogP contribution in [0.3, 0.4) is 0 Å². The van der Waals surface area contributed by atoms with E-state index in [0.29, 0.717) is 12.2 Å². The second-order valence-corrected chi connectivity index (χ2v) is 5.47. The maximum atomic E-state index is 12.0. The van der Waals surface area contributed by atoms with Crippen LogP contribution in [-0.4, -0.2) is 20.4 Å². The molecule has 0 saturated heterocycles. The van der Waals surface area contributed by atoms with Gasteiger partial charge in [0.25, 0.3) is 5.91 Å². The van der Waals surface area contributed by atoms with Gasteiger partial charge < -0.3 is 4.57 Å². The normalized spacial score (nSPS) is 10.4. The van der Waals surface area contributed by atoms with E-state index in [0.717, 1.165) is 22.0 Å². The van der Waals surface area contributed by atoms with Crippen molar-refractivity contribution in [2.24, 2.45) is 0 Å². The van der Waals surface area contributed by atoms with E-state index in [-0.39, 0.29) is 16.0 Å². The van der Waals surface area contributed by atoms with Crippen molar-refractivity contribution in [3.63, 3.8) is 0 Å². The smallest absolute Gasteiger partial charge is 0.343 e. The molecule has 2 rings (SSSR count). The molecule has 0 spiro atoms. The summed E-state index contributed by atoms with van der Waals surface area (Å²) in [5.74, 6) is -0.350. The van der Waals surface area contributed by atoms with E-state index < -0.39 is 4.92 Å². The van der Waals surface area contributed by atoms with Crippen molar-refractivity contribution >= 4 is 43.3 Å². The lowest BCUT2D eigenvalue weighted by atomic mass is 10.4. The highest BCUT2D eigenvalue weighted by molar-refractivity contribution is 9.10. The molecule has 0 bridgehead atoms. The van der Waals surface area contributed by atoms with Crippen LogP contribution in [-0.2, 0) is 6.54 Å². The van der Waals surface area contributed by atoms with Crippen molar-refractivity contribution in [2.45, 2.75) is 13.5 Å².